The highest BCUT2D eigenvalue weighted by Crippen LogP contribution is 2.15. The first kappa shape index (κ1) is 19.0. The van der Waals surface area contributed by atoms with E-state index in [0.717, 1.165) is 22.8 Å². The summed E-state index contributed by atoms with van der Waals surface area (Å²) < 4.78 is 5.78. The standard InChI is InChI=1S/C22H22N2O2S/c1-27-16-17-8-10-19(11-9-17)22(25)24-14-18-5-4-7-21(13-18)26-15-20-6-2-3-12-23-20/h2-13H,14-16H2,1H3,(H,24,25). The fourth-order valence-corrected chi connectivity index (χ4v) is 3.12. The highest BCUT2D eigenvalue weighted by atomic mass is 32.2. The van der Waals surface area contributed by atoms with Crippen molar-refractivity contribution in [2.75, 3.05) is 6.26 Å². The molecule has 0 atom stereocenters. The Morgan fingerprint density at radius 1 is 1.04 bits per heavy atom. The van der Waals surface area contributed by atoms with Crippen LogP contribution >= 0.6 is 11.8 Å². The molecule has 0 bridgehead atoms. The van der Waals surface area contributed by atoms with Gasteiger partial charge in [0.1, 0.15) is 12.4 Å². The van der Waals surface area contributed by atoms with Gasteiger partial charge in [0.05, 0.1) is 5.69 Å². The average Bonchev–Trinajstić information content (AvgIpc) is 2.72. The summed E-state index contributed by atoms with van der Waals surface area (Å²) >= 11 is 1.76. The van der Waals surface area contributed by atoms with Gasteiger partial charge in [0.15, 0.2) is 0 Å². The van der Waals surface area contributed by atoms with Gasteiger partial charge in [0.25, 0.3) is 5.91 Å². The van der Waals surface area contributed by atoms with E-state index in [1.807, 2.05) is 66.7 Å². The number of carbonyl (C=O) groups is 1. The molecule has 27 heavy (non-hydrogen) atoms. The Hall–Kier alpha value is -2.79. The molecule has 0 fully saturated rings. The van der Waals surface area contributed by atoms with E-state index in [-0.39, 0.29) is 5.91 Å². The number of thioether (sulfide) groups is 1. The van der Waals surface area contributed by atoms with Crippen LogP contribution in [0.5, 0.6) is 5.75 Å². The summed E-state index contributed by atoms with van der Waals surface area (Å²) in [6.45, 7) is 0.866. The van der Waals surface area contributed by atoms with Crippen LogP contribution in [0.25, 0.3) is 0 Å². The molecule has 1 amide bonds. The van der Waals surface area contributed by atoms with E-state index in [1.165, 1.54) is 5.56 Å². The summed E-state index contributed by atoms with van der Waals surface area (Å²) in [5, 5.41) is 2.96. The number of rotatable bonds is 8. The van der Waals surface area contributed by atoms with Crippen molar-refractivity contribution in [2.45, 2.75) is 18.9 Å². The Bertz CT molecular complexity index is 867. The lowest BCUT2D eigenvalue weighted by molar-refractivity contribution is 0.0951. The maximum atomic E-state index is 12.3. The van der Waals surface area contributed by atoms with Gasteiger partial charge in [-0.2, -0.15) is 11.8 Å². The molecule has 0 radical (unpaired) electrons. The predicted molar refractivity (Wildman–Crippen MR) is 110 cm³/mol. The summed E-state index contributed by atoms with van der Waals surface area (Å²) in [5.74, 6) is 1.63. The molecule has 3 rings (SSSR count). The number of amides is 1. The fourth-order valence-electron chi connectivity index (χ4n) is 2.59. The van der Waals surface area contributed by atoms with E-state index >= 15 is 0 Å². The summed E-state index contributed by atoms with van der Waals surface area (Å²) in [5.41, 5.74) is 3.75. The summed E-state index contributed by atoms with van der Waals surface area (Å²) in [6.07, 6.45) is 3.81. The molecule has 0 aliphatic rings. The molecule has 1 heterocycles. The van der Waals surface area contributed by atoms with Gasteiger partial charge in [-0.25, -0.2) is 0 Å². The smallest absolute Gasteiger partial charge is 0.251 e. The van der Waals surface area contributed by atoms with Crippen molar-refractivity contribution in [1.82, 2.24) is 10.3 Å². The fraction of sp³-hybridized carbons (Fsp3) is 0.182. The number of hydrogen-bond acceptors (Lipinski definition) is 4. The molecule has 0 spiro atoms. The SMILES string of the molecule is CSCc1ccc(C(=O)NCc2cccc(OCc3ccccn3)c2)cc1. The molecule has 0 unspecified atom stereocenters. The van der Waals surface area contributed by atoms with Crippen molar-refractivity contribution < 1.29 is 9.53 Å². The van der Waals surface area contributed by atoms with Crippen LogP contribution in [0.2, 0.25) is 0 Å². The molecule has 0 aliphatic heterocycles. The zero-order chi connectivity index (χ0) is 18.9. The predicted octanol–water partition coefficient (Wildman–Crippen LogP) is 4.45. The van der Waals surface area contributed by atoms with Crippen LogP contribution in [0.4, 0.5) is 0 Å². The molecule has 0 aliphatic carbocycles. The Balaban J connectivity index is 1.53. The minimum Gasteiger partial charge on any atom is -0.487 e. The van der Waals surface area contributed by atoms with Crippen molar-refractivity contribution in [2.24, 2.45) is 0 Å². The van der Waals surface area contributed by atoms with E-state index in [1.54, 1.807) is 18.0 Å². The van der Waals surface area contributed by atoms with Crippen molar-refractivity contribution in [3.63, 3.8) is 0 Å². The Morgan fingerprint density at radius 2 is 1.89 bits per heavy atom. The lowest BCUT2D eigenvalue weighted by atomic mass is 10.1. The first-order valence-corrected chi connectivity index (χ1v) is 10.1. The average molecular weight is 378 g/mol. The number of nitrogens with one attached hydrogen (secondary N) is 1. The highest BCUT2D eigenvalue weighted by molar-refractivity contribution is 7.97. The van der Waals surface area contributed by atoms with E-state index < -0.39 is 0 Å². The van der Waals surface area contributed by atoms with E-state index in [0.29, 0.717) is 18.7 Å². The molecule has 5 heteroatoms. The topological polar surface area (TPSA) is 51.2 Å². The molecule has 4 nitrogen and oxygen atoms in total. The minimum absolute atomic E-state index is 0.0782. The molecule has 138 valence electrons. The largest absolute Gasteiger partial charge is 0.487 e. The molecule has 0 saturated heterocycles. The van der Waals surface area contributed by atoms with Gasteiger partial charge in [-0.1, -0.05) is 30.3 Å². The third kappa shape index (κ3) is 5.86. The number of pyridine rings is 1. The van der Waals surface area contributed by atoms with Crippen LogP contribution in [0.3, 0.4) is 0 Å². The van der Waals surface area contributed by atoms with Crippen molar-refractivity contribution in [3.8, 4) is 5.75 Å². The van der Waals surface area contributed by atoms with E-state index in [4.69, 9.17) is 4.74 Å². The van der Waals surface area contributed by atoms with Gasteiger partial charge in [0, 0.05) is 24.1 Å². The number of carbonyl (C=O) groups excluding carboxylic acids is 1. The van der Waals surface area contributed by atoms with E-state index in [9.17, 15) is 4.79 Å². The minimum atomic E-state index is -0.0782. The Kier molecular flexibility index (Phi) is 6.88. The number of ether oxygens (including phenoxy) is 1. The number of hydrogen-bond donors (Lipinski definition) is 1. The molecule has 2 aromatic carbocycles. The zero-order valence-electron chi connectivity index (χ0n) is 15.2. The molecular formula is C22H22N2O2S. The lowest BCUT2D eigenvalue weighted by Crippen LogP contribution is -2.22. The van der Waals surface area contributed by atoms with Gasteiger partial charge in [0.2, 0.25) is 0 Å². The maximum Gasteiger partial charge on any atom is 0.251 e. The van der Waals surface area contributed by atoms with Crippen LogP contribution in [0.1, 0.15) is 27.2 Å². The second-order valence-corrected chi connectivity index (χ2v) is 6.94. The molecular weight excluding hydrogens is 356 g/mol. The number of benzene rings is 2. The Morgan fingerprint density at radius 3 is 2.63 bits per heavy atom. The lowest BCUT2D eigenvalue weighted by Gasteiger charge is -2.09. The van der Waals surface area contributed by atoms with Gasteiger partial charge in [-0.3, -0.25) is 9.78 Å². The van der Waals surface area contributed by atoms with Gasteiger partial charge in [-0.05, 0) is 53.8 Å². The van der Waals surface area contributed by atoms with Crippen LogP contribution in [-0.4, -0.2) is 17.1 Å². The third-order valence-electron chi connectivity index (χ3n) is 3.99. The first-order valence-electron chi connectivity index (χ1n) is 8.72. The van der Waals surface area contributed by atoms with Crippen LogP contribution in [0, 0.1) is 0 Å². The van der Waals surface area contributed by atoms with Crippen molar-refractivity contribution in [1.29, 1.82) is 0 Å². The monoisotopic (exact) mass is 378 g/mol. The molecule has 1 aromatic heterocycles. The normalized spacial score (nSPS) is 10.4. The van der Waals surface area contributed by atoms with Crippen molar-refractivity contribution in [3.05, 3.63) is 95.3 Å². The Labute approximate surface area is 164 Å². The third-order valence-corrected chi connectivity index (χ3v) is 4.61. The van der Waals surface area contributed by atoms with Crippen LogP contribution < -0.4 is 10.1 Å². The van der Waals surface area contributed by atoms with Crippen molar-refractivity contribution >= 4 is 17.7 Å². The second kappa shape index (κ2) is 9.78. The molecule has 0 saturated carbocycles. The highest BCUT2D eigenvalue weighted by Gasteiger charge is 2.06. The second-order valence-electron chi connectivity index (χ2n) is 6.07. The van der Waals surface area contributed by atoms with E-state index in [2.05, 4.69) is 16.6 Å². The maximum absolute atomic E-state index is 12.3. The molecule has 3 aromatic rings. The summed E-state index contributed by atoms with van der Waals surface area (Å²) in [4.78, 5) is 16.6. The first-order chi connectivity index (χ1) is 13.2. The zero-order valence-corrected chi connectivity index (χ0v) is 16.0. The number of nitrogens with zero attached hydrogens (tertiary/aromatic N) is 1. The number of aromatic nitrogens is 1. The summed E-state index contributed by atoms with van der Waals surface area (Å²) in [6, 6.07) is 21.2. The summed E-state index contributed by atoms with van der Waals surface area (Å²) in [7, 11) is 0. The van der Waals surface area contributed by atoms with Crippen LogP contribution in [0.15, 0.2) is 72.9 Å². The van der Waals surface area contributed by atoms with Gasteiger partial charge >= 0.3 is 0 Å². The van der Waals surface area contributed by atoms with Gasteiger partial charge < -0.3 is 10.1 Å². The van der Waals surface area contributed by atoms with Gasteiger partial charge in [-0.15, -0.1) is 0 Å². The van der Waals surface area contributed by atoms with Crippen LogP contribution in [-0.2, 0) is 18.9 Å². The quantitative estimate of drug-likeness (QED) is 0.629. The molecule has 1 N–H and O–H groups in total.